The molecule has 0 aliphatic rings. The van der Waals surface area contributed by atoms with Crippen LogP contribution in [-0.2, 0) is 17.9 Å². The van der Waals surface area contributed by atoms with E-state index in [-0.39, 0.29) is 5.91 Å². The van der Waals surface area contributed by atoms with Gasteiger partial charge in [0.25, 0.3) is 5.91 Å². The zero-order chi connectivity index (χ0) is 21.5. The largest absolute Gasteiger partial charge is 0.481 e. The summed E-state index contributed by atoms with van der Waals surface area (Å²) >= 11 is 0. The first kappa shape index (κ1) is 20.7. The maximum Gasteiger partial charge on any atom is 0.264 e. The van der Waals surface area contributed by atoms with Gasteiger partial charge in [0.1, 0.15) is 5.75 Å². The lowest BCUT2D eigenvalue weighted by molar-refractivity contribution is -0.140. The molecule has 3 heteroatoms. The predicted molar refractivity (Wildman–Crippen MR) is 126 cm³/mol. The fourth-order valence-corrected chi connectivity index (χ4v) is 3.74. The highest BCUT2D eigenvalue weighted by Crippen LogP contribution is 2.23. The van der Waals surface area contributed by atoms with Crippen molar-refractivity contribution in [2.24, 2.45) is 0 Å². The van der Waals surface area contributed by atoms with Crippen molar-refractivity contribution in [3.63, 3.8) is 0 Å². The Hall–Kier alpha value is -3.59. The molecule has 0 spiro atoms. The Morgan fingerprint density at radius 3 is 1.87 bits per heavy atom. The number of carbonyl (C=O) groups excluding carboxylic acids is 1. The summed E-state index contributed by atoms with van der Waals surface area (Å²) in [7, 11) is 0. The summed E-state index contributed by atoms with van der Waals surface area (Å²) in [6, 6.07) is 34.3. The van der Waals surface area contributed by atoms with Crippen molar-refractivity contribution >= 4 is 16.7 Å². The van der Waals surface area contributed by atoms with E-state index in [9.17, 15) is 4.79 Å². The predicted octanol–water partition coefficient (Wildman–Crippen LogP) is 6.23. The molecular formula is C28H27NO2. The van der Waals surface area contributed by atoms with Crippen LogP contribution in [0.3, 0.4) is 0 Å². The smallest absolute Gasteiger partial charge is 0.264 e. The quantitative estimate of drug-likeness (QED) is 0.345. The number of hydrogen-bond acceptors (Lipinski definition) is 2. The molecular weight excluding hydrogens is 382 g/mol. The van der Waals surface area contributed by atoms with Gasteiger partial charge in [-0.2, -0.15) is 0 Å². The van der Waals surface area contributed by atoms with Crippen LogP contribution in [0.25, 0.3) is 10.8 Å². The van der Waals surface area contributed by atoms with E-state index in [1.54, 1.807) is 0 Å². The van der Waals surface area contributed by atoms with E-state index < -0.39 is 6.10 Å². The van der Waals surface area contributed by atoms with Crippen molar-refractivity contribution in [2.45, 2.75) is 32.5 Å². The van der Waals surface area contributed by atoms with E-state index in [1.165, 1.54) is 0 Å². The molecule has 0 heterocycles. The van der Waals surface area contributed by atoms with E-state index in [2.05, 4.69) is 36.4 Å². The van der Waals surface area contributed by atoms with Crippen LogP contribution in [0.5, 0.6) is 5.75 Å². The van der Waals surface area contributed by atoms with E-state index in [0.29, 0.717) is 19.5 Å². The molecule has 0 radical (unpaired) electrons. The number of rotatable bonds is 8. The molecule has 1 amide bonds. The van der Waals surface area contributed by atoms with Crippen molar-refractivity contribution in [1.82, 2.24) is 4.90 Å². The van der Waals surface area contributed by atoms with E-state index in [1.807, 2.05) is 78.6 Å². The van der Waals surface area contributed by atoms with Gasteiger partial charge in [0.05, 0.1) is 0 Å². The molecule has 0 aromatic heterocycles. The third-order valence-corrected chi connectivity index (χ3v) is 5.39. The van der Waals surface area contributed by atoms with Crippen molar-refractivity contribution in [1.29, 1.82) is 0 Å². The van der Waals surface area contributed by atoms with Gasteiger partial charge < -0.3 is 9.64 Å². The van der Waals surface area contributed by atoms with Gasteiger partial charge in [0.2, 0.25) is 0 Å². The minimum Gasteiger partial charge on any atom is -0.481 e. The number of carbonyl (C=O) groups is 1. The van der Waals surface area contributed by atoms with Crippen molar-refractivity contribution < 1.29 is 9.53 Å². The standard InChI is InChI=1S/C28H27NO2/c1-2-27(31-26-18-17-24-15-9-10-16-25(24)19-26)28(30)29(20-22-11-5-3-6-12-22)21-23-13-7-4-8-14-23/h3-19,27H,2,20-21H2,1H3/t27-/m1/s1. The van der Waals surface area contributed by atoms with Gasteiger partial charge >= 0.3 is 0 Å². The maximum absolute atomic E-state index is 13.6. The third-order valence-electron chi connectivity index (χ3n) is 5.39. The van der Waals surface area contributed by atoms with Gasteiger partial charge in [-0.05, 0) is 40.5 Å². The first-order chi connectivity index (χ1) is 15.2. The molecule has 0 saturated heterocycles. The summed E-state index contributed by atoms with van der Waals surface area (Å²) in [6.07, 6.45) is 0.0692. The highest BCUT2D eigenvalue weighted by Gasteiger charge is 2.25. The molecule has 0 saturated carbocycles. The topological polar surface area (TPSA) is 29.5 Å². The summed E-state index contributed by atoms with van der Waals surface area (Å²) in [4.78, 5) is 15.4. The van der Waals surface area contributed by atoms with Crippen LogP contribution in [-0.4, -0.2) is 16.9 Å². The molecule has 31 heavy (non-hydrogen) atoms. The summed E-state index contributed by atoms with van der Waals surface area (Å²) in [6.45, 7) is 3.09. The van der Waals surface area contributed by atoms with Crippen LogP contribution < -0.4 is 4.74 Å². The lowest BCUT2D eigenvalue weighted by Crippen LogP contribution is -2.41. The van der Waals surface area contributed by atoms with Crippen molar-refractivity contribution in [2.75, 3.05) is 0 Å². The maximum atomic E-state index is 13.6. The Labute approximate surface area is 183 Å². The highest BCUT2D eigenvalue weighted by atomic mass is 16.5. The zero-order valence-corrected chi connectivity index (χ0v) is 17.8. The average Bonchev–Trinajstić information content (AvgIpc) is 2.83. The number of hydrogen-bond donors (Lipinski definition) is 0. The summed E-state index contributed by atoms with van der Waals surface area (Å²) in [5, 5.41) is 2.26. The molecule has 156 valence electrons. The van der Waals surface area contributed by atoms with Gasteiger partial charge in [-0.3, -0.25) is 4.79 Å². The second kappa shape index (κ2) is 9.94. The Kier molecular flexibility index (Phi) is 6.63. The molecule has 0 bridgehead atoms. The second-order valence-electron chi connectivity index (χ2n) is 7.69. The highest BCUT2D eigenvalue weighted by molar-refractivity contribution is 5.84. The van der Waals surface area contributed by atoms with Crippen LogP contribution in [0, 0.1) is 0 Å². The van der Waals surface area contributed by atoms with Crippen LogP contribution in [0.1, 0.15) is 24.5 Å². The van der Waals surface area contributed by atoms with Gasteiger partial charge in [0.15, 0.2) is 6.10 Å². The van der Waals surface area contributed by atoms with Gasteiger partial charge in [-0.1, -0.05) is 97.9 Å². The van der Waals surface area contributed by atoms with E-state index in [0.717, 1.165) is 27.6 Å². The lowest BCUT2D eigenvalue weighted by Gasteiger charge is -2.28. The third kappa shape index (κ3) is 5.32. The minimum absolute atomic E-state index is 0.00312. The van der Waals surface area contributed by atoms with Gasteiger partial charge in [0, 0.05) is 13.1 Å². The van der Waals surface area contributed by atoms with E-state index in [4.69, 9.17) is 4.74 Å². The number of amides is 1. The Morgan fingerprint density at radius 2 is 1.29 bits per heavy atom. The van der Waals surface area contributed by atoms with E-state index >= 15 is 0 Å². The first-order valence-corrected chi connectivity index (χ1v) is 10.7. The second-order valence-corrected chi connectivity index (χ2v) is 7.69. The molecule has 4 aromatic rings. The summed E-state index contributed by atoms with van der Waals surface area (Å²) in [5.74, 6) is 0.724. The molecule has 4 rings (SSSR count). The minimum atomic E-state index is -0.534. The fraction of sp³-hybridized carbons (Fsp3) is 0.179. The van der Waals surface area contributed by atoms with Gasteiger partial charge in [-0.15, -0.1) is 0 Å². The SMILES string of the molecule is CC[C@@H](Oc1ccc2ccccc2c1)C(=O)N(Cc1ccccc1)Cc1ccccc1. The van der Waals surface area contributed by atoms with Crippen molar-refractivity contribution in [3.8, 4) is 5.75 Å². The van der Waals surface area contributed by atoms with Crippen molar-refractivity contribution in [3.05, 3.63) is 114 Å². The average molecular weight is 410 g/mol. The molecule has 0 N–H and O–H groups in total. The molecule has 3 nitrogen and oxygen atoms in total. The number of ether oxygens (including phenoxy) is 1. The lowest BCUT2D eigenvalue weighted by atomic mass is 10.1. The van der Waals surface area contributed by atoms with Crippen LogP contribution in [0.4, 0.5) is 0 Å². The molecule has 1 atom stereocenters. The van der Waals surface area contributed by atoms with Crippen LogP contribution in [0.2, 0.25) is 0 Å². The monoisotopic (exact) mass is 409 g/mol. The summed E-state index contributed by atoms with van der Waals surface area (Å²) in [5.41, 5.74) is 2.21. The summed E-state index contributed by atoms with van der Waals surface area (Å²) < 4.78 is 6.20. The molecule has 0 fully saturated rings. The number of nitrogens with zero attached hydrogens (tertiary/aromatic N) is 1. The Balaban J connectivity index is 1.56. The fourth-order valence-electron chi connectivity index (χ4n) is 3.74. The number of benzene rings is 4. The number of fused-ring (bicyclic) bond motifs is 1. The molecule has 4 aromatic carbocycles. The normalized spacial score (nSPS) is 11.8. The molecule has 0 aliphatic heterocycles. The first-order valence-electron chi connectivity index (χ1n) is 10.7. The van der Waals surface area contributed by atoms with Crippen LogP contribution in [0.15, 0.2) is 103 Å². The van der Waals surface area contributed by atoms with Gasteiger partial charge in [-0.25, -0.2) is 0 Å². The Bertz CT molecular complexity index is 1080. The molecule has 0 unspecified atom stereocenters. The molecule has 0 aliphatic carbocycles. The Morgan fingerprint density at radius 1 is 0.742 bits per heavy atom. The van der Waals surface area contributed by atoms with Crippen LogP contribution >= 0.6 is 0 Å². The zero-order valence-electron chi connectivity index (χ0n) is 17.8.